The number of hydrazine groups is 1. The molecule has 0 fully saturated rings. The van der Waals surface area contributed by atoms with E-state index in [-0.39, 0.29) is 24.9 Å². The van der Waals surface area contributed by atoms with Crippen molar-refractivity contribution >= 4 is 39.5 Å². The number of hydrogen-bond acceptors (Lipinski definition) is 3. The highest BCUT2D eigenvalue weighted by Crippen LogP contribution is 2.43. The van der Waals surface area contributed by atoms with Gasteiger partial charge in [-0.05, 0) is 49.1 Å². The molecule has 8 nitrogen and oxygen atoms in total. The second-order valence-corrected chi connectivity index (χ2v) is 11.4. The van der Waals surface area contributed by atoms with E-state index in [9.17, 15) is 14.4 Å². The van der Waals surface area contributed by atoms with Gasteiger partial charge in [-0.1, -0.05) is 68.4 Å². The summed E-state index contributed by atoms with van der Waals surface area (Å²) in [6.45, 7) is 8.20. The Labute approximate surface area is 244 Å². The third-order valence-electron chi connectivity index (χ3n) is 8.59. The standard InChI is InChI=1S/C34H35N5O3/c1-20(2)31-22(4)38(28-17-11-9-15-26(28)31)18-29(40)35-36-30(41)19-39-33(23-12-6-7-13-24(23)34(39)42)32-21(3)37(5)27-16-10-8-14-25(27)32/h6-17,20,33H,18-19H2,1-5H3,(H,35,40)(H,36,41). The lowest BCUT2D eigenvalue weighted by Crippen LogP contribution is -2.48. The number of fused-ring (bicyclic) bond motifs is 3. The fourth-order valence-corrected chi connectivity index (χ4v) is 6.65. The molecule has 0 aliphatic carbocycles. The zero-order chi connectivity index (χ0) is 29.7. The zero-order valence-corrected chi connectivity index (χ0v) is 24.6. The van der Waals surface area contributed by atoms with Gasteiger partial charge in [-0.3, -0.25) is 25.2 Å². The number of benzene rings is 3. The van der Waals surface area contributed by atoms with Crippen LogP contribution in [0.5, 0.6) is 0 Å². The lowest BCUT2D eigenvalue weighted by molar-refractivity contribution is -0.129. The summed E-state index contributed by atoms with van der Waals surface area (Å²) in [4.78, 5) is 41.5. The smallest absolute Gasteiger partial charge is 0.258 e. The average Bonchev–Trinajstić information content (AvgIpc) is 3.52. The monoisotopic (exact) mass is 561 g/mol. The Morgan fingerprint density at radius 1 is 0.786 bits per heavy atom. The molecule has 6 rings (SSSR count). The Kier molecular flexibility index (Phi) is 6.85. The van der Waals surface area contributed by atoms with Gasteiger partial charge < -0.3 is 14.0 Å². The summed E-state index contributed by atoms with van der Waals surface area (Å²) in [5.41, 5.74) is 12.9. The fourth-order valence-electron chi connectivity index (χ4n) is 6.65. The summed E-state index contributed by atoms with van der Waals surface area (Å²) >= 11 is 0. The second kappa shape index (κ2) is 10.5. The van der Waals surface area contributed by atoms with Crippen molar-refractivity contribution in [3.05, 3.63) is 106 Å². The molecule has 214 valence electrons. The first-order chi connectivity index (χ1) is 20.2. The first-order valence-corrected chi connectivity index (χ1v) is 14.3. The lowest BCUT2D eigenvalue weighted by Gasteiger charge is -2.26. The van der Waals surface area contributed by atoms with Crippen molar-refractivity contribution in [1.82, 2.24) is 24.9 Å². The summed E-state index contributed by atoms with van der Waals surface area (Å²) in [6.07, 6.45) is 0. The van der Waals surface area contributed by atoms with Gasteiger partial charge in [-0.25, -0.2) is 0 Å². The SMILES string of the molecule is Cc1c(C2c3ccccc3C(=O)N2CC(=O)NNC(=O)Cn2c(C)c(C(C)C)c3ccccc32)c2ccccc2n1C. The molecule has 0 saturated carbocycles. The molecule has 8 heteroatoms. The predicted molar refractivity (Wildman–Crippen MR) is 164 cm³/mol. The van der Waals surface area contributed by atoms with Crippen molar-refractivity contribution < 1.29 is 14.4 Å². The van der Waals surface area contributed by atoms with Crippen molar-refractivity contribution in [2.45, 2.75) is 46.2 Å². The van der Waals surface area contributed by atoms with Crippen molar-refractivity contribution in [3.8, 4) is 0 Å². The van der Waals surface area contributed by atoms with Crippen LogP contribution in [0.2, 0.25) is 0 Å². The molecule has 1 aliphatic rings. The minimum Gasteiger partial charge on any atom is -0.348 e. The van der Waals surface area contributed by atoms with Crippen molar-refractivity contribution in [1.29, 1.82) is 0 Å². The van der Waals surface area contributed by atoms with E-state index in [1.807, 2.05) is 74.0 Å². The van der Waals surface area contributed by atoms with E-state index in [1.165, 1.54) is 5.56 Å². The molecule has 42 heavy (non-hydrogen) atoms. The summed E-state index contributed by atoms with van der Waals surface area (Å²) in [5.74, 6) is -0.719. The van der Waals surface area contributed by atoms with E-state index in [2.05, 4.69) is 47.5 Å². The molecule has 1 aliphatic heterocycles. The number of hydrogen-bond donors (Lipinski definition) is 2. The molecule has 0 spiro atoms. The van der Waals surface area contributed by atoms with E-state index in [1.54, 1.807) is 11.0 Å². The van der Waals surface area contributed by atoms with Crippen LogP contribution in [0, 0.1) is 13.8 Å². The number of aryl methyl sites for hydroxylation is 1. The van der Waals surface area contributed by atoms with Crippen LogP contribution in [0.4, 0.5) is 0 Å². The Balaban J connectivity index is 1.23. The van der Waals surface area contributed by atoms with Crippen molar-refractivity contribution in [2.24, 2.45) is 7.05 Å². The molecule has 3 aromatic carbocycles. The van der Waals surface area contributed by atoms with Crippen LogP contribution >= 0.6 is 0 Å². The van der Waals surface area contributed by atoms with Gasteiger partial charge in [0.15, 0.2) is 0 Å². The molecule has 0 saturated heterocycles. The second-order valence-electron chi connectivity index (χ2n) is 11.4. The molecule has 0 bridgehead atoms. The van der Waals surface area contributed by atoms with Crippen LogP contribution < -0.4 is 10.9 Å². The largest absolute Gasteiger partial charge is 0.348 e. The van der Waals surface area contributed by atoms with Crippen LogP contribution in [-0.4, -0.2) is 38.3 Å². The highest BCUT2D eigenvalue weighted by molar-refractivity contribution is 6.03. The molecule has 2 aromatic heterocycles. The fraction of sp³-hybridized carbons (Fsp3) is 0.265. The molecule has 3 amide bonds. The van der Waals surface area contributed by atoms with Gasteiger partial charge in [0.05, 0.1) is 6.04 Å². The van der Waals surface area contributed by atoms with Crippen molar-refractivity contribution in [2.75, 3.05) is 6.54 Å². The van der Waals surface area contributed by atoms with Crippen LogP contribution in [-0.2, 0) is 23.2 Å². The first kappa shape index (κ1) is 27.3. The Morgan fingerprint density at radius 2 is 1.38 bits per heavy atom. The molecule has 1 atom stereocenters. The number of nitrogens with zero attached hydrogens (tertiary/aromatic N) is 3. The van der Waals surface area contributed by atoms with Gasteiger partial charge in [0, 0.05) is 51.4 Å². The van der Waals surface area contributed by atoms with Gasteiger partial charge >= 0.3 is 0 Å². The number of rotatable bonds is 6. The van der Waals surface area contributed by atoms with E-state index >= 15 is 0 Å². The van der Waals surface area contributed by atoms with Crippen LogP contribution in [0.15, 0.2) is 72.8 Å². The summed E-state index contributed by atoms with van der Waals surface area (Å²) in [5, 5.41) is 2.17. The Morgan fingerprint density at radius 3 is 2.10 bits per heavy atom. The zero-order valence-electron chi connectivity index (χ0n) is 24.6. The van der Waals surface area contributed by atoms with Crippen molar-refractivity contribution in [3.63, 3.8) is 0 Å². The third kappa shape index (κ3) is 4.34. The van der Waals surface area contributed by atoms with E-state index < -0.39 is 11.9 Å². The number of amides is 3. The number of carbonyl (C=O) groups excluding carboxylic acids is 3. The molecular weight excluding hydrogens is 526 g/mol. The summed E-state index contributed by atoms with van der Waals surface area (Å²) in [6, 6.07) is 23.2. The maximum Gasteiger partial charge on any atom is 0.258 e. The number of para-hydroxylation sites is 2. The molecule has 5 aromatic rings. The quantitative estimate of drug-likeness (QED) is 0.277. The Hall–Kier alpha value is -4.85. The topological polar surface area (TPSA) is 88.4 Å². The maximum absolute atomic E-state index is 13.6. The van der Waals surface area contributed by atoms with Gasteiger partial charge in [0.2, 0.25) is 0 Å². The average molecular weight is 562 g/mol. The molecule has 1 unspecified atom stereocenters. The summed E-state index contributed by atoms with van der Waals surface area (Å²) in [7, 11) is 2.01. The molecule has 3 heterocycles. The van der Waals surface area contributed by atoms with Gasteiger partial charge in [-0.15, -0.1) is 0 Å². The number of carbonyl (C=O) groups is 3. The van der Waals surface area contributed by atoms with Crippen LogP contribution in [0.3, 0.4) is 0 Å². The summed E-state index contributed by atoms with van der Waals surface area (Å²) < 4.78 is 4.10. The highest BCUT2D eigenvalue weighted by Gasteiger charge is 2.40. The minimum atomic E-state index is -0.468. The van der Waals surface area contributed by atoms with E-state index in [0.717, 1.165) is 44.3 Å². The lowest BCUT2D eigenvalue weighted by atomic mass is 9.95. The molecule has 2 N–H and O–H groups in total. The predicted octanol–water partition coefficient (Wildman–Crippen LogP) is 5.27. The Bertz CT molecular complexity index is 1880. The molecule has 0 radical (unpaired) electrons. The number of aromatic nitrogens is 2. The molecular formula is C34H35N5O3. The van der Waals surface area contributed by atoms with E-state index in [0.29, 0.717) is 11.5 Å². The first-order valence-electron chi connectivity index (χ1n) is 14.3. The maximum atomic E-state index is 13.6. The third-order valence-corrected chi connectivity index (χ3v) is 8.59. The van der Waals surface area contributed by atoms with Gasteiger partial charge in [0.1, 0.15) is 13.1 Å². The highest BCUT2D eigenvalue weighted by atomic mass is 16.2. The normalized spacial score (nSPS) is 14.7. The van der Waals surface area contributed by atoms with E-state index in [4.69, 9.17) is 0 Å². The minimum absolute atomic E-state index is 0.0608. The van der Waals surface area contributed by atoms with Gasteiger partial charge in [-0.2, -0.15) is 0 Å². The van der Waals surface area contributed by atoms with Crippen LogP contribution in [0.1, 0.15) is 64.2 Å². The number of nitrogens with one attached hydrogen (secondary N) is 2. The van der Waals surface area contributed by atoms with Crippen LogP contribution in [0.25, 0.3) is 21.8 Å². The van der Waals surface area contributed by atoms with Gasteiger partial charge in [0.25, 0.3) is 17.7 Å².